The number of carbonyl (C=O) groups excluding carboxylic acids is 1. The van der Waals surface area contributed by atoms with Gasteiger partial charge in [-0.15, -0.1) is 5.10 Å². The molecule has 0 aliphatic rings. The normalized spacial score (nSPS) is 11.0. The lowest BCUT2D eigenvalue weighted by Gasteiger charge is -2.07. The first-order valence-electron chi connectivity index (χ1n) is 9.20. The van der Waals surface area contributed by atoms with Gasteiger partial charge in [0, 0.05) is 17.5 Å². The highest BCUT2D eigenvalue weighted by molar-refractivity contribution is 6.01. The molecule has 10 heteroatoms. The van der Waals surface area contributed by atoms with Crippen molar-refractivity contribution < 1.29 is 9.18 Å². The lowest BCUT2D eigenvalue weighted by atomic mass is 10.3. The van der Waals surface area contributed by atoms with E-state index in [9.17, 15) is 9.18 Å². The third kappa shape index (κ3) is 3.79. The smallest absolute Gasteiger partial charge is 0.296 e. The number of nitrogens with zero attached hydrogens (tertiary/aromatic N) is 7. The van der Waals surface area contributed by atoms with E-state index in [1.807, 2.05) is 19.9 Å². The van der Waals surface area contributed by atoms with Gasteiger partial charge in [0.15, 0.2) is 0 Å². The van der Waals surface area contributed by atoms with Gasteiger partial charge in [-0.2, -0.15) is 9.78 Å². The molecule has 0 unspecified atom stereocenters. The molecule has 0 fully saturated rings. The number of benzene rings is 1. The Morgan fingerprint density at radius 1 is 0.867 bits per heavy atom. The quantitative estimate of drug-likeness (QED) is 0.559. The summed E-state index contributed by atoms with van der Waals surface area (Å²) in [6.45, 7) is 7.24. The van der Waals surface area contributed by atoms with Crippen molar-refractivity contribution in [3.05, 3.63) is 70.9 Å². The number of carbonyl (C=O) groups is 1. The fourth-order valence-corrected chi connectivity index (χ4v) is 3.03. The van der Waals surface area contributed by atoms with E-state index < -0.39 is 5.91 Å². The summed E-state index contributed by atoms with van der Waals surface area (Å²) in [4.78, 5) is 25.8. The molecule has 9 nitrogen and oxygen atoms in total. The number of anilines is 1. The minimum atomic E-state index is -0.510. The number of hydrogen-bond acceptors (Lipinski definition) is 6. The lowest BCUT2D eigenvalue weighted by molar-refractivity contribution is 0.101. The maximum Gasteiger partial charge on any atom is 0.296 e. The summed E-state index contributed by atoms with van der Waals surface area (Å²) in [7, 11) is 0. The van der Waals surface area contributed by atoms with Crippen LogP contribution in [-0.4, -0.2) is 40.4 Å². The largest absolute Gasteiger partial charge is 0.304 e. The summed E-state index contributed by atoms with van der Waals surface area (Å²) in [5.74, 6) is 0.365. The molecule has 1 N–H and O–H groups in total. The average molecular weight is 406 g/mol. The van der Waals surface area contributed by atoms with Crippen LogP contribution in [0.4, 0.5) is 10.2 Å². The Labute approximate surface area is 171 Å². The topological polar surface area (TPSA) is 103 Å². The highest BCUT2D eigenvalue weighted by Crippen LogP contribution is 2.17. The Balaban J connectivity index is 1.64. The Bertz CT molecular complexity index is 1220. The Morgan fingerprint density at radius 2 is 1.53 bits per heavy atom. The van der Waals surface area contributed by atoms with E-state index in [1.54, 1.807) is 32.0 Å². The van der Waals surface area contributed by atoms with Crippen molar-refractivity contribution in [3.8, 4) is 11.6 Å². The third-order valence-corrected chi connectivity index (χ3v) is 4.28. The number of aromatic nitrogens is 7. The van der Waals surface area contributed by atoms with Crippen LogP contribution in [0.25, 0.3) is 11.6 Å². The lowest BCUT2D eigenvalue weighted by Crippen LogP contribution is -2.18. The summed E-state index contributed by atoms with van der Waals surface area (Å²) in [6.07, 6.45) is 0. The Hall–Kier alpha value is -3.95. The van der Waals surface area contributed by atoms with Crippen molar-refractivity contribution in [2.24, 2.45) is 0 Å². The van der Waals surface area contributed by atoms with Crippen LogP contribution in [0.5, 0.6) is 0 Å². The van der Waals surface area contributed by atoms with Crippen LogP contribution in [0.1, 0.15) is 33.5 Å². The standard InChI is InChI=1S/C20H19FN8O/c1-11-9-12(2)23-20(22-11)29-17(10-13(3)26-29)25-19(30)18-24-14(4)28(27-18)16-7-5-15(21)6-8-16/h5-10H,1-4H3,(H,25,30). The molecule has 0 bridgehead atoms. The second-order valence-corrected chi connectivity index (χ2v) is 6.86. The molecule has 0 saturated heterocycles. The number of hydrogen-bond donors (Lipinski definition) is 1. The monoisotopic (exact) mass is 406 g/mol. The van der Waals surface area contributed by atoms with Gasteiger partial charge in [0.05, 0.1) is 11.4 Å². The Kier molecular flexibility index (Phi) is 4.82. The van der Waals surface area contributed by atoms with Crippen molar-refractivity contribution in [1.82, 2.24) is 34.5 Å². The maximum atomic E-state index is 13.2. The summed E-state index contributed by atoms with van der Waals surface area (Å²) in [6, 6.07) is 9.33. The van der Waals surface area contributed by atoms with E-state index in [0.717, 1.165) is 11.4 Å². The zero-order valence-electron chi connectivity index (χ0n) is 16.9. The van der Waals surface area contributed by atoms with Gasteiger partial charge in [0.1, 0.15) is 17.5 Å². The first-order valence-corrected chi connectivity index (χ1v) is 9.20. The molecule has 0 spiro atoms. The molecule has 0 saturated carbocycles. The van der Waals surface area contributed by atoms with E-state index in [2.05, 4.69) is 30.5 Å². The molecule has 30 heavy (non-hydrogen) atoms. The highest BCUT2D eigenvalue weighted by atomic mass is 19.1. The molecular formula is C20H19FN8O. The number of nitrogens with one attached hydrogen (secondary N) is 1. The van der Waals surface area contributed by atoms with Crippen LogP contribution in [0.15, 0.2) is 36.4 Å². The molecule has 1 aromatic carbocycles. The van der Waals surface area contributed by atoms with Gasteiger partial charge in [-0.05, 0) is 58.0 Å². The predicted molar refractivity (Wildman–Crippen MR) is 107 cm³/mol. The van der Waals surface area contributed by atoms with Crippen LogP contribution in [0.2, 0.25) is 0 Å². The molecule has 3 heterocycles. The number of halogens is 1. The van der Waals surface area contributed by atoms with Gasteiger partial charge in [-0.1, -0.05) is 0 Å². The van der Waals surface area contributed by atoms with Crippen LogP contribution < -0.4 is 5.32 Å². The fraction of sp³-hybridized carbons (Fsp3) is 0.200. The van der Waals surface area contributed by atoms with Gasteiger partial charge in [-0.25, -0.2) is 24.0 Å². The number of aryl methyl sites for hydroxylation is 4. The van der Waals surface area contributed by atoms with Crippen LogP contribution in [-0.2, 0) is 0 Å². The van der Waals surface area contributed by atoms with Crippen LogP contribution >= 0.6 is 0 Å². The van der Waals surface area contributed by atoms with E-state index >= 15 is 0 Å². The van der Waals surface area contributed by atoms with Crippen molar-refractivity contribution in [1.29, 1.82) is 0 Å². The first-order chi connectivity index (χ1) is 14.3. The van der Waals surface area contributed by atoms with E-state index in [1.165, 1.54) is 21.5 Å². The van der Waals surface area contributed by atoms with Crippen molar-refractivity contribution >= 4 is 11.7 Å². The van der Waals surface area contributed by atoms with Crippen LogP contribution in [0, 0.1) is 33.5 Å². The molecule has 4 aromatic rings. The zero-order valence-corrected chi connectivity index (χ0v) is 16.9. The molecule has 0 aliphatic carbocycles. The molecule has 0 aliphatic heterocycles. The van der Waals surface area contributed by atoms with Gasteiger partial charge >= 0.3 is 0 Å². The van der Waals surface area contributed by atoms with Gasteiger partial charge in [0.25, 0.3) is 11.9 Å². The summed E-state index contributed by atoms with van der Waals surface area (Å²) in [5.41, 5.74) is 2.87. The van der Waals surface area contributed by atoms with Crippen molar-refractivity contribution in [3.63, 3.8) is 0 Å². The highest BCUT2D eigenvalue weighted by Gasteiger charge is 2.19. The molecule has 0 atom stereocenters. The second-order valence-electron chi connectivity index (χ2n) is 6.86. The summed E-state index contributed by atoms with van der Waals surface area (Å²) < 4.78 is 16.1. The molecule has 1 amide bonds. The SMILES string of the molecule is Cc1cc(C)nc(-n2nc(C)cc2NC(=O)c2nc(C)n(-c3ccc(F)cc3)n2)n1. The maximum absolute atomic E-state index is 13.2. The molecule has 3 aromatic heterocycles. The second kappa shape index (κ2) is 7.47. The third-order valence-electron chi connectivity index (χ3n) is 4.28. The zero-order chi connectivity index (χ0) is 21.4. The summed E-state index contributed by atoms with van der Waals surface area (Å²) >= 11 is 0. The number of rotatable bonds is 4. The minimum Gasteiger partial charge on any atom is -0.304 e. The minimum absolute atomic E-state index is 0.0245. The molecule has 0 radical (unpaired) electrons. The molecule has 4 rings (SSSR count). The van der Waals surface area contributed by atoms with Gasteiger partial charge in [-0.3, -0.25) is 4.79 Å². The van der Waals surface area contributed by atoms with Crippen molar-refractivity contribution in [2.75, 3.05) is 5.32 Å². The number of amides is 1. The fourth-order valence-electron chi connectivity index (χ4n) is 3.03. The van der Waals surface area contributed by atoms with E-state index in [0.29, 0.717) is 29.0 Å². The molecular weight excluding hydrogens is 387 g/mol. The van der Waals surface area contributed by atoms with Crippen LogP contribution in [0.3, 0.4) is 0 Å². The van der Waals surface area contributed by atoms with E-state index in [-0.39, 0.29) is 11.6 Å². The van der Waals surface area contributed by atoms with Gasteiger partial charge < -0.3 is 5.32 Å². The first kappa shape index (κ1) is 19.4. The average Bonchev–Trinajstić information content (AvgIpc) is 3.24. The van der Waals surface area contributed by atoms with E-state index in [4.69, 9.17) is 0 Å². The Morgan fingerprint density at radius 3 is 2.20 bits per heavy atom. The van der Waals surface area contributed by atoms with Gasteiger partial charge in [0.2, 0.25) is 5.82 Å². The summed E-state index contributed by atoms with van der Waals surface area (Å²) in [5, 5.41) is 11.4. The predicted octanol–water partition coefficient (Wildman–Crippen LogP) is 2.87. The molecule has 152 valence electrons. The van der Waals surface area contributed by atoms with Crippen molar-refractivity contribution in [2.45, 2.75) is 27.7 Å².